The molecule has 0 spiro atoms. The molecular weight excluding hydrogens is 352 g/mol. The molecule has 0 bridgehead atoms. The molecule has 144 valence electrons. The lowest BCUT2D eigenvalue weighted by Gasteiger charge is -2.37. The highest BCUT2D eigenvalue weighted by Gasteiger charge is 2.20. The van der Waals surface area contributed by atoms with Gasteiger partial charge in [-0.25, -0.2) is 9.97 Å². The number of anilines is 3. The molecule has 0 aliphatic carbocycles. The Morgan fingerprint density at radius 1 is 1.00 bits per heavy atom. The second kappa shape index (κ2) is 8.56. The number of aromatic nitrogens is 3. The van der Waals surface area contributed by atoms with Gasteiger partial charge in [-0.1, -0.05) is 18.2 Å². The van der Waals surface area contributed by atoms with E-state index in [2.05, 4.69) is 42.2 Å². The number of nitrogens with zero attached hydrogens (tertiary/aromatic N) is 5. The van der Waals surface area contributed by atoms with Crippen molar-refractivity contribution in [2.75, 3.05) is 48.4 Å². The van der Waals surface area contributed by atoms with Gasteiger partial charge in [-0.05, 0) is 23.8 Å². The summed E-state index contributed by atoms with van der Waals surface area (Å²) in [6.07, 6.45) is 5.25. The third kappa shape index (κ3) is 4.14. The van der Waals surface area contributed by atoms with Crippen LogP contribution in [0.5, 0.6) is 5.75 Å². The topological polar surface area (TPSA) is 66.4 Å². The van der Waals surface area contributed by atoms with E-state index in [1.807, 2.05) is 36.5 Å². The zero-order valence-corrected chi connectivity index (χ0v) is 16.0. The predicted octanol–water partition coefficient (Wildman–Crippen LogP) is 2.82. The molecule has 0 amide bonds. The van der Waals surface area contributed by atoms with E-state index in [1.165, 1.54) is 0 Å². The lowest BCUT2D eigenvalue weighted by molar-refractivity contribution is 0.413. The molecule has 7 nitrogen and oxygen atoms in total. The zero-order valence-electron chi connectivity index (χ0n) is 16.0. The number of hydrogen-bond donors (Lipinski definition) is 1. The third-order valence-electron chi connectivity index (χ3n) is 4.88. The number of pyridine rings is 1. The lowest BCUT2D eigenvalue weighted by atomic mass is 10.2. The van der Waals surface area contributed by atoms with Gasteiger partial charge in [0.05, 0.1) is 12.8 Å². The molecule has 1 saturated heterocycles. The first kappa shape index (κ1) is 18.0. The van der Waals surface area contributed by atoms with E-state index in [1.54, 1.807) is 19.6 Å². The summed E-state index contributed by atoms with van der Waals surface area (Å²) in [6, 6.07) is 14.2. The van der Waals surface area contributed by atoms with Crippen LogP contribution in [0.15, 0.2) is 61.2 Å². The molecule has 3 aromatic rings. The fourth-order valence-electron chi connectivity index (χ4n) is 3.38. The number of hydrogen-bond acceptors (Lipinski definition) is 7. The van der Waals surface area contributed by atoms with Crippen molar-refractivity contribution in [3.8, 4) is 5.75 Å². The van der Waals surface area contributed by atoms with Crippen molar-refractivity contribution in [1.29, 1.82) is 0 Å². The van der Waals surface area contributed by atoms with Gasteiger partial charge in [0.15, 0.2) is 0 Å². The van der Waals surface area contributed by atoms with Crippen molar-refractivity contribution >= 4 is 17.3 Å². The highest BCUT2D eigenvalue weighted by molar-refractivity contribution is 5.60. The minimum atomic E-state index is 0.686. The van der Waals surface area contributed by atoms with Crippen LogP contribution in [0.2, 0.25) is 0 Å². The maximum atomic E-state index is 5.50. The van der Waals surface area contributed by atoms with Gasteiger partial charge < -0.3 is 19.9 Å². The molecule has 0 saturated carbocycles. The largest absolute Gasteiger partial charge is 0.495 e. The molecule has 1 aromatic carbocycles. The maximum absolute atomic E-state index is 5.50. The number of piperazine rings is 1. The number of methoxy groups -OCH3 is 1. The van der Waals surface area contributed by atoms with Gasteiger partial charge in [-0.2, -0.15) is 0 Å². The average Bonchev–Trinajstić information content (AvgIpc) is 2.79. The van der Waals surface area contributed by atoms with Crippen LogP contribution in [0.3, 0.4) is 0 Å². The second-order valence-electron chi connectivity index (χ2n) is 6.62. The van der Waals surface area contributed by atoms with Crippen LogP contribution in [-0.4, -0.2) is 48.2 Å². The van der Waals surface area contributed by atoms with Gasteiger partial charge in [0.25, 0.3) is 0 Å². The number of nitrogens with one attached hydrogen (secondary N) is 1. The molecule has 4 rings (SSSR count). The van der Waals surface area contributed by atoms with Gasteiger partial charge in [0.1, 0.15) is 23.7 Å². The Labute approximate surface area is 165 Å². The predicted molar refractivity (Wildman–Crippen MR) is 111 cm³/mol. The number of para-hydroxylation sites is 2. The van der Waals surface area contributed by atoms with Gasteiger partial charge in [-0.3, -0.25) is 4.98 Å². The molecule has 1 N–H and O–H groups in total. The summed E-state index contributed by atoms with van der Waals surface area (Å²) in [7, 11) is 1.72. The molecule has 1 fully saturated rings. The van der Waals surface area contributed by atoms with Crippen LogP contribution >= 0.6 is 0 Å². The van der Waals surface area contributed by atoms with E-state index >= 15 is 0 Å². The Balaban J connectivity index is 1.38. The molecule has 3 heterocycles. The number of ether oxygens (including phenoxy) is 1. The first-order valence-electron chi connectivity index (χ1n) is 9.41. The maximum Gasteiger partial charge on any atom is 0.142 e. The van der Waals surface area contributed by atoms with Crippen molar-refractivity contribution in [2.45, 2.75) is 6.54 Å². The van der Waals surface area contributed by atoms with E-state index < -0.39 is 0 Å². The van der Waals surface area contributed by atoms with E-state index in [-0.39, 0.29) is 0 Å². The van der Waals surface area contributed by atoms with Crippen molar-refractivity contribution in [3.05, 3.63) is 66.7 Å². The molecule has 1 aliphatic heterocycles. The summed E-state index contributed by atoms with van der Waals surface area (Å²) >= 11 is 0. The molecule has 0 atom stereocenters. The molecule has 2 aromatic heterocycles. The Bertz CT molecular complexity index is 896. The van der Waals surface area contributed by atoms with Gasteiger partial charge in [-0.15, -0.1) is 0 Å². The normalized spacial score (nSPS) is 14.0. The van der Waals surface area contributed by atoms with E-state index in [9.17, 15) is 0 Å². The Kier molecular flexibility index (Phi) is 5.51. The molecule has 7 heteroatoms. The van der Waals surface area contributed by atoms with Crippen LogP contribution in [0.25, 0.3) is 0 Å². The highest BCUT2D eigenvalue weighted by atomic mass is 16.5. The van der Waals surface area contributed by atoms with Crippen LogP contribution in [0.1, 0.15) is 5.56 Å². The average molecular weight is 376 g/mol. The monoisotopic (exact) mass is 376 g/mol. The number of benzene rings is 1. The lowest BCUT2D eigenvalue weighted by Crippen LogP contribution is -2.47. The van der Waals surface area contributed by atoms with Crippen LogP contribution in [0, 0.1) is 0 Å². The van der Waals surface area contributed by atoms with Crippen LogP contribution in [0.4, 0.5) is 17.3 Å². The Morgan fingerprint density at radius 2 is 1.82 bits per heavy atom. The SMILES string of the molecule is COc1ccccc1N1CCN(c2cc(NCc3cccnc3)ncn2)CC1. The number of rotatable bonds is 6. The van der Waals surface area contributed by atoms with Crippen molar-refractivity contribution in [2.24, 2.45) is 0 Å². The van der Waals surface area contributed by atoms with Crippen molar-refractivity contribution in [3.63, 3.8) is 0 Å². The highest BCUT2D eigenvalue weighted by Crippen LogP contribution is 2.29. The Morgan fingerprint density at radius 3 is 2.61 bits per heavy atom. The minimum absolute atomic E-state index is 0.686. The quantitative estimate of drug-likeness (QED) is 0.709. The Hall–Kier alpha value is -3.35. The molecule has 0 radical (unpaired) electrons. The molecule has 1 aliphatic rings. The molecule has 28 heavy (non-hydrogen) atoms. The third-order valence-corrected chi connectivity index (χ3v) is 4.88. The fraction of sp³-hybridized carbons (Fsp3) is 0.286. The summed E-state index contributed by atoms with van der Waals surface area (Å²) < 4.78 is 5.50. The van der Waals surface area contributed by atoms with Crippen LogP contribution in [-0.2, 0) is 6.54 Å². The van der Waals surface area contributed by atoms with E-state index in [0.29, 0.717) is 6.54 Å². The van der Waals surface area contributed by atoms with Crippen LogP contribution < -0.4 is 19.9 Å². The first-order chi connectivity index (χ1) is 13.8. The second-order valence-corrected chi connectivity index (χ2v) is 6.62. The van der Waals surface area contributed by atoms with E-state index in [4.69, 9.17) is 4.74 Å². The van der Waals surface area contributed by atoms with Gasteiger partial charge in [0, 0.05) is 51.2 Å². The first-order valence-corrected chi connectivity index (χ1v) is 9.41. The molecule has 0 unspecified atom stereocenters. The van der Waals surface area contributed by atoms with Gasteiger partial charge in [0.2, 0.25) is 0 Å². The molecular formula is C21H24N6O. The summed E-state index contributed by atoms with van der Waals surface area (Å²) in [5.41, 5.74) is 2.26. The van der Waals surface area contributed by atoms with E-state index in [0.717, 1.165) is 54.8 Å². The van der Waals surface area contributed by atoms with Crippen molar-refractivity contribution in [1.82, 2.24) is 15.0 Å². The van der Waals surface area contributed by atoms with Gasteiger partial charge >= 0.3 is 0 Å². The smallest absolute Gasteiger partial charge is 0.142 e. The van der Waals surface area contributed by atoms with Crippen molar-refractivity contribution < 1.29 is 4.74 Å². The summed E-state index contributed by atoms with van der Waals surface area (Å²) in [5, 5.41) is 3.35. The fourth-order valence-corrected chi connectivity index (χ4v) is 3.38. The summed E-state index contributed by atoms with van der Waals surface area (Å²) in [5.74, 6) is 2.68. The standard InChI is InChI=1S/C21H24N6O/c1-28-19-7-3-2-6-18(19)26-9-11-27(12-10-26)21-13-20(24-16-25-21)23-15-17-5-4-8-22-14-17/h2-8,13-14,16H,9-12,15H2,1H3,(H,23,24,25). The summed E-state index contributed by atoms with van der Waals surface area (Å²) in [4.78, 5) is 17.6. The zero-order chi connectivity index (χ0) is 19.2. The summed E-state index contributed by atoms with van der Waals surface area (Å²) in [6.45, 7) is 4.33. The minimum Gasteiger partial charge on any atom is -0.495 e.